The SMILES string of the molecule is O=C(Nc1cc(Cl)cc2cnccc12)c1ccc[nH]1. The predicted molar refractivity (Wildman–Crippen MR) is 75.5 cm³/mol. The number of anilines is 1. The van der Waals surface area contributed by atoms with Gasteiger partial charge in [0.2, 0.25) is 0 Å². The summed E-state index contributed by atoms with van der Waals surface area (Å²) in [6.07, 6.45) is 5.10. The molecule has 94 valence electrons. The number of benzene rings is 1. The van der Waals surface area contributed by atoms with E-state index in [1.165, 1.54) is 0 Å². The Morgan fingerprint density at radius 1 is 1.32 bits per heavy atom. The lowest BCUT2D eigenvalue weighted by molar-refractivity contribution is 0.102. The first-order valence-corrected chi connectivity index (χ1v) is 6.10. The molecular weight excluding hydrogens is 262 g/mol. The van der Waals surface area contributed by atoms with Crippen molar-refractivity contribution < 1.29 is 4.79 Å². The van der Waals surface area contributed by atoms with Crippen molar-refractivity contribution in [2.45, 2.75) is 0 Å². The van der Waals surface area contributed by atoms with Crippen molar-refractivity contribution in [1.29, 1.82) is 0 Å². The number of aromatic nitrogens is 2. The second-order valence-electron chi connectivity index (χ2n) is 4.09. The van der Waals surface area contributed by atoms with Crippen LogP contribution in [0.3, 0.4) is 0 Å². The number of carbonyl (C=O) groups excluding carboxylic acids is 1. The van der Waals surface area contributed by atoms with Crippen LogP contribution in [0.4, 0.5) is 5.69 Å². The van der Waals surface area contributed by atoms with Crippen LogP contribution in [0, 0.1) is 0 Å². The van der Waals surface area contributed by atoms with Crippen molar-refractivity contribution in [3.63, 3.8) is 0 Å². The highest BCUT2D eigenvalue weighted by molar-refractivity contribution is 6.32. The average molecular weight is 272 g/mol. The third-order valence-corrected chi connectivity index (χ3v) is 3.03. The van der Waals surface area contributed by atoms with E-state index < -0.39 is 0 Å². The quantitative estimate of drug-likeness (QED) is 0.750. The van der Waals surface area contributed by atoms with Crippen LogP contribution in [-0.4, -0.2) is 15.9 Å². The number of pyridine rings is 1. The highest BCUT2D eigenvalue weighted by Crippen LogP contribution is 2.27. The Hall–Kier alpha value is -2.33. The lowest BCUT2D eigenvalue weighted by atomic mass is 10.1. The van der Waals surface area contributed by atoms with Crippen LogP contribution in [0.1, 0.15) is 10.5 Å². The molecule has 4 nitrogen and oxygen atoms in total. The van der Waals surface area contributed by atoms with E-state index in [-0.39, 0.29) is 5.91 Å². The van der Waals surface area contributed by atoms with Crippen LogP contribution in [0.15, 0.2) is 48.9 Å². The Balaban J connectivity index is 2.03. The van der Waals surface area contributed by atoms with E-state index in [4.69, 9.17) is 11.6 Å². The maximum Gasteiger partial charge on any atom is 0.272 e. The monoisotopic (exact) mass is 271 g/mol. The summed E-state index contributed by atoms with van der Waals surface area (Å²) in [6, 6.07) is 8.87. The van der Waals surface area contributed by atoms with Crippen molar-refractivity contribution in [3.05, 3.63) is 59.6 Å². The van der Waals surface area contributed by atoms with E-state index in [0.29, 0.717) is 16.4 Å². The maximum absolute atomic E-state index is 12.0. The van der Waals surface area contributed by atoms with Crippen LogP contribution >= 0.6 is 11.6 Å². The standard InChI is InChI=1S/C14H10ClN3O/c15-10-6-9-8-16-5-3-11(9)13(7-10)18-14(19)12-2-1-4-17-12/h1-8,17H,(H,18,19). The highest BCUT2D eigenvalue weighted by Gasteiger charge is 2.09. The fourth-order valence-electron chi connectivity index (χ4n) is 1.94. The topological polar surface area (TPSA) is 57.8 Å². The van der Waals surface area contributed by atoms with Gasteiger partial charge in [0.15, 0.2) is 0 Å². The number of nitrogens with zero attached hydrogens (tertiary/aromatic N) is 1. The van der Waals surface area contributed by atoms with Crippen molar-refractivity contribution in [2.24, 2.45) is 0 Å². The molecule has 0 aliphatic heterocycles. The van der Waals surface area contributed by atoms with Crippen molar-refractivity contribution >= 4 is 34.0 Å². The average Bonchev–Trinajstić information content (AvgIpc) is 2.92. The Bertz CT molecular complexity index is 738. The van der Waals surface area contributed by atoms with Gasteiger partial charge in [0.25, 0.3) is 5.91 Å². The van der Waals surface area contributed by atoms with Gasteiger partial charge < -0.3 is 10.3 Å². The van der Waals surface area contributed by atoms with E-state index in [1.54, 1.807) is 36.8 Å². The normalized spacial score (nSPS) is 10.6. The van der Waals surface area contributed by atoms with Gasteiger partial charge in [-0.1, -0.05) is 11.6 Å². The molecule has 1 aromatic carbocycles. The largest absolute Gasteiger partial charge is 0.357 e. The fourth-order valence-corrected chi connectivity index (χ4v) is 2.16. The minimum atomic E-state index is -0.203. The van der Waals surface area contributed by atoms with Crippen LogP contribution < -0.4 is 5.32 Å². The molecule has 3 rings (SSSR count). The molecule has 0 bridgehead atoms. The number of nitrogens with one attached hydrogen (secondary N) is 2. The molecule has 5 heteroatoms. The van der Waals surface area contributed by atoms with Gasteiger partial charge in [-0.05, 0) is 30.3 Å². The highest BCUT2D eigenvalue weighted by atomic mass is 35.5. The van der Waals surface area contributed by atoms with Crippen LogP contribution in [0.2, 0.25) is 5.02 Å². The summed E-state index contributed by atoms with van der Waals surface area (Å²) in [5.41, 5.74) is 1.17. The zero-order valence-electron chi connectivity index (χ0n) is 9.85. The van der Waals surface area contributed by atoms with Gasteiger partial charge >= 0.3 is 0 Å². The van der Waals surface area contributed by atoms with Crippen LogP contribution in [-0.2, 0) is 0 Å². The lowest BCUT2D eigenvalue weighted by Gasteiger charge is -2.08. The first kappa shape index (κ1) is 11.7. The van der Waals surface area contributed by atoms with Gasteiger partial charge in [-0.15, -0.1) is 0 Å². The number of carbonyl (C=O) groups is 1. The summed E-state index contributed by atoms with van der Waals surface area (Å²) < 4.78 is 0. The van der Waals surface area contributed by atoms with Gasteiger partial charge in [-0.2, -0.15) is 0 Å². The van der Waals surface area contributed by atoms with E-state index in [1.807, 2.05) is 12.1 Å². The molecule has 3 aromatic rings. The van der Waals surface area contributed by atoms with E-state index in [9.17, 15) is 4.79 Å². The van der Waals surface area contributed by atoms with Crippen molar-refractivity contribution in [2.75, 3.05) is 5.32 Å². The van der Waals surface area contributed by atoms with Crippen molar-refractivity contribution in [1.82, 2.24) is 9.97 Å². The molecule has 2 aromatic heterocycles. The molecule has 0 saturated carbocycles. The first-order valence-electron chi connectivity index (χ1n) is 5.72. The number of rotatable bonds is 2. The summed E-state index contributed by atoms with van der Waals surface area (Å²) in [5.74, 6) is -0.203. The van der Waals surface area contributed by atoms with E-state index in [2.05, 4.69) is 15.3 Å². The number of hydrogen-bond donors (Lipinski definition) is 2. The molecule has 0 aliphatic carbocycles. The predicted octanol–water partition coefficient (Wildman–Crippen LogP) is 3.47. The maximum atomic E-state index is 12.0. The molecule has 19 heavy (non-hydrogen) atoms. The summed E-state index contributed by atoms with van der Waals surface area (Å²) in [5, 5.41) is 5.19. The number of hydrogen-bond acceptors (Lipinski definition) is 2. The molecule has 1 amide bonds. The molecule has 0 saturated heterocycles. The van der Waals surface area contributed by atoms with Gasteiger partial charge in [0, 0.05) is 34.4 Å². The molecule has 0 unspecified atom stereocenters. The van der Waals surface area contributed by atoms with Gasteiger partial charge in [0.05, 0.1) is 5.69 Å². The lowest BCUT2D eigenvalue weighted by Crippen LogP contribution is -2.12. The number of amides is 1. The number of aromatic amines is 1. The van der Waals surface area contributed by atoms with Crippen LogP contribution in [0.25, 0.3) is 10.8 Å². The zero-order chi connectivity index (χ0) is 13.2. The molecular formula is C14H10ClN3O. The molecule has 0 fully saturated rings. The Kier molecular flexibility index (Phi) is 2.93. The molecule has 0 atom stereocenters. The van der Waals surface area contributed by atoms with Gasteiger partial charge in [0.1, 0.15) is 5.69 Å². The molecule has 0 aliphatic rings. The van der Waals surface area contributed by atoms with Crippen molar-refractivity contribution in [3.8, 4) is 0 Å². The molecule has 2 heterocycles. The van der Waals surface area contributed by atoms with E-state index >= 15 is 0 Å². The Morgan fingerprint density at radius 2 is 2.21 bits per heavy atom. The molecule has 0 spiro atoms. The van der Waals surface area contributed by atoms with Gasteiger partial charge in [-0.25, -0.2) is 0 Å². The first-order chi connectivity index (χ1) is 9.24. The van der Waals surface area contributed by atoms with Crippen LogP contribution in [0.5, 0.6) is 0 Å². The number of H-pyrrole nitrogens is 1. The summed E-state index contributed by atoms with van der Waals surface area (Å²) in [4.78, 5) is 18.9. The third-order valence-electron chi connectivity index (χ3n) is 2.81. The smallest absolute Gasteiger partial charge is 0.272 e. The number of halogens is 1. The zero-order valence-corrected chi connectivity index (χ0v) is 10.6. The number of fused-ring (bicyclic) bond motifs is 1. The third kappa shape index (κ3) is 2.30. The van der Waals surface area contributed by atoms with Gasteiger partial charge in [-0.3, -0.25) is 9.78 Å². The molecule has 0 radical (unpaired) electrons. The summed E-state index contributed by atoms with van der Waals surface area (Å²) >= 11 is 6.05. The molecule has 2 N–H and O–H groups in total. The minimum Gasteiger partial charge on any atom is -0.357 e. The Morgan fingerprint density at radius 3 is 3.00 bits per heavy atom. The second-order valence-corrected chi connectivity index (χ2v) is 4.52. The second kappa shape index (κ2) is 4.74. The summed E-state index contributed by atoms with van der Waals surface area (Å²) in [7, 11) is 0. The Labute approximate surface area is 114 Å². The minimum absolute atomic E-state index is 0.203. The fraction of sp³-hybridized carbons (Fsp3) is 0. The summed E-state index contributed by atoms with van der Waals surface area (Å²) in [6.45, 7) is 0. The van der Waals surface area contributed by atoms with E-state index in [0.717, 1.165) is 10.8 Å².